The minimum atomic E-state index is -4.91. The van der Waals surface area contributed by atoms with Gasteiger partial charge in [0.2, 0.25) is 0 Å². The summed E-state index contributed by atoms with van der Waals surface area (Å²) in [5, 5.41) is 9.38. The van der Waals surface area contributed by atoms with Crippen molar-refractivity contribution in [3.8, 4) is 11.3 Å². The van der Waals surface area contributed by atoms with Crippen molar-refractivity contribution in [1.82, 2.24) is 9.59 Å². The van der Waals surface area contributed by atoms with E-state index in [0.717, 1.165) is 11.8 Å². The van der Waals surface area contributed by atoms with Crippen molar-refractivity contribution in [2.24, 2.45) is 5.10 Å². The molecular weight excluding hydrogens is 406 g/mol. The van der Waals surface area contributed by atoms with Crippen LogP contribution in [0.25, 0.3) is 11.3 Å². The highest BCUT2D eigenvalue weighted by Crippen LogP contribution is 2.36. The molecule has 28 heavy (non-hydrogen) atoms. The lowest BCUT2D eigenvalue weighted by molar-refractivity contribution is -0.143. The van der Waals surface area contributed by atoms with E-state index in [1.807, 2.05) is 0 Å². The third-order valence-corrected chi connectivity index (χ3v) is 4.06. The maximum absolute atomic E-state index is 12.8. The summed E-state index contributed by atoms with van der Waals surface area (Å²) in [4.78, 5) is 0. The molecule has 0 aliphatic rings. The summed E-state index contributed by atoms with van der Waals surface area (Å²) in [7, 11) is 0. The number of rotatable bonds is 4. The molecule has 146 valence electrons. The summed E-state index contributed by atoms with van der Waals surface area (Å²) in [6.45, 7) is 0. The molecule has 3 aromatic rings. The fraction of sp³-hybridized carbons (Fsp3) is 0.118. The van der Waals surface area contributed by atoms with E-state index in [1.54, 1.807) is 29.6 Å². The second-order valence-electron chi connectivity index (χ2n) is 5.58. The number of hydrogen-bond donors (Lipinski definition) is 1. The van der Waals surface area contributed by atoms with Gasteiger partial charge in [-0.2, -0.15) is 31.4 Å². The minimum Gasteiger partial charge on any atom is -0.279 e. The zero-order chi connectivity index (χ0) is 20.4. The van der Waals surface area contributed by atoms with Crippen molar-refractivity contribution in [1.29, 1.82) is 0 Å². The quantitative estimate of drug-likeness (QED) is 0.338. The third kappa shape index (κ3) is 4.85. The van der Waals surface area contributed by atoms with Gasteiger partial charge in [-0.15, -0.1) is 5.10 Å². The number of anilines is 1. The summed E-state index contributed by atoms with van der Waals surface area (Å²) in [6, 6.07) is 7.98. The van der Waals surface area contributed by atoms with E-state index in [4.69, 9.17) is 0 Å². The van der Waals surface area contributed by atoms with E-state index >= 15 is 0 Å². The Hall–Kier alpha value is -2.95. The summed E-state index contributed by atoms with van der Waals surface area (Å²) < 4.78 is 80.8. The van der Waals surface area contributed by atoms with Crippen molar-refractivity contribution in [2.45, 2.75) is 12.4 Å². The van der Waals surface area contributed by atoms with Gasteiger partial charge in [-0.25, -0.2) is 0 Å². The van der Waals surface area contributed by atoms with E-state index in [1.165, 1.54) is 11.5 Å². The number of aromatic nitrogens is 2. The van der Waals surface area contributed by atoms with Gasteiger partial charge in [-0.1, -0.05) is 16.6 Å². The van der Waals surface area contributed by atoms with Gasteiger partial charge in [0.1, 0.15) is 5.69 Å². The number of hydrogen-bond acceptors (Lipinski definition) is 5. The Morgan fingerprint density at radius 3 is 2.00 bits per heavy atom. The van der Waals surface area contributed by atoms with Crippen LogP contribution in [-0.4, -0.2) is 15.8 Å². The molecule has 0 fully saturated rings. The van der Waals surface area contributed by atoms with Crippen molar-refractivity contribution < 1.29 is 26.3 Å². The topological polar surface area (TPSA) is 50.2 Å². The van der Waals surface area contributed by atoms with Crippen LogP contribution in [-0.2, 0) is 12.4 Å². The summed E-state index contributed by atoms with van der Waals surface area (Å²) >= 11 is 1.20. The van der Waals surface area contributed by atoms with E-state index in [0.29, 0.717) is 23.5 Å². The molecule has 4 nitrogen and oxygen atoms in total. The monoisotopic (exact) mass is 416 g/mol. The van der Waals surface area contributed by atoms with Crippen LogP contribution in [0.2, 0.25) is 0 Å². The van der Waals surface area contributed by atoms with Crippen molar-refractivity contribution in [3.63, 3.8) is 0 Å². The van der Waals surface area contributed by atoms with Crippen molar-refractivity contribution >= 4 is 23.4 Å². The molecule has 0 aliphatic carbocycles. The molecule has 0 bridgehead atoms. The highest BCUT2D eigenvalue weighted by atomic mass is 32.1. The Kier molecular flexibility index (Phi) is 5.36. The van der Waals surface area contributed by atoms with Crippen LogP contribution in [0.3, 0.4) is 0 Å². The van der Waals surface area contributed by atoms with Gasteiger partial charge < -0.3 is 0 Å². The molecule has 11 heteroatoms. The van der Waals surface area contributed by atoms with E-state index < -0.39 is 23.5 Å². The van der Waals surface area contributed by atoms with Crippen LogP contribution >= 0.6 is 11.5 Å². The average Bonchev–Trinajstić information content (AvgIpc) is 3.15. The summed E-state index contributed by atoms with van der Waals surface area (Å²) in [5.74, 6) is 0. The Morgan fingerprint density at radius 1 is 0.893 bits per heavy atom. The number of benzene rings is 2. The van der Waals surface area contributed by atoms with Crippen LogP contribution in [0.5, 0.6) is 0 Å². The zero-order valence-corrected chi connectivity index (χ0v) is 14.5. The van der Waals surface area contributed by atoms with Crippen molar-refractivity contribution in [2.75, 3.05) is 5.43 Å². The lowest BCUT2D eigenvalue weighted by atomic mass is 10.1. The summed E-state index contributed by atoms with van der Waals surface area (Å²) in [6.07, 6.45) is -8.92. The van der Waals surface area contributed by atoms with Gasteiger partial charge in [0, 0.05) is 10.9 Å². The molecule has 2 aromatic carbocycles. The maximum atomic E-state index is 12.8. The Balaban J connectivity index is 1.78. The Bertz CT molecular complexity index is 931. The van der Waals surface area contributed by atoms with E-state index in [2.05, 4.69) is 20.1 Å². The standard InChI is InChI=1S/C17H10F6N4S/c18-16(19,20)12-5-10(6-13(7-12)17(21,22)23)8-24-25-14-3-1-11(2-4-14)15-9-28-27-26-15/h1-9,25H. The molecule has 0 radical (unpaired) electrons. The van der Waals surface area contributed by atoms with Gasteiger partial charge in [-0.3, -0.25) is 5.43 Å². The SMILES string of the molecule is FC(F)(F)c1cc(C=NNc2ccc(-c3csnn3)cc2)cc(C(F)(F)F)c1. The van der Waals surface area contributed by atoms with Crippen LogP contribution in [0.15, 0.2) is 52.9 Å². The second-order valence-corrected chi connectivity index (χ2v) is 6.19. The lowest BCUT2D eigenvalue weighted by Crippen LogP contribution is -2.11. The highest BCUT2D eigenvalue weighted by molar-refractivity contribution is 7.03. The first kappa shape index (κ1) is 19.8. The van der Waals surface area contributed by atoms with Gasteiger partial charge in [-0.05, 0) is 47.4 Å². The smallest absolute Gasteiger partial charge is 0.279 e. The largest absolute Gasteiger partial charge is 0.416 e. The molecule has 0 amide bonds. The average molecular weight is 416 g/mol. The van der Waals surface area contributed by atoms with Gasteiger partial charge in [0.15, 0.2) is 0 Å². The Morgan fingerprint density at radius 2 is 1.50 bits per heavy atom. The second kappa shape index (κ2) is 7.58. The molecule has 1 heterocycles. The first-order chi connectivity index (χ1) is 13.1. The first-order valence-electron chi connectivity index (χ1n) is 7.59. The maximum Gasteiger partial charge on any atom is 0.416 e. The molecule has 0 saturated heterocycles. The fourth-order valence-electron chi connectivity index (χ4n) is 2.24. The van der Waals surface area contributed by atoms with E-state index in [-0.39, 0.29) is 11.6 Å². The Labute approximate surface area is 158 Å². The van der Waals surface area contributed by atoms with Crippen LogP contribution < -0.4 is 5.43 Å². The molecule has 0 unspecified atom stereocenters. The molecule has 0 saturated carbocycles. The first-order valence-corrected chi connectivity index (χ1v) is 8.42. The predicted octanol–water partition coefficient (Wildman–Crippen LogP) is 5.69. The van der Waals surface area contributed by atoms with Crippen LogP contribution in [0, 0.1) is 0 Å². The van der Waals surface area contributed by atoms with Crippen LogP contribution in [0.1, 0.15) is 16.7 Å². The molecule has 1 aromatic heterocycles. The fourth-order valence-corrected chi connectivity index (χ4v) is 2.71. The zero-order valence-electron chi connectivity index (χ0n) is 13.7. The van der Waals surface area contributed by atoms with Gasteiger partial charge in [0.25, 0.3) is 0 Å². The molecule has 0 spiro atoms. The molecular formula is C17H10F6N4S. The number of nitrogens with zero attached hydrogens (tertiary/aromatic N) is 3. The van der Waals surface area contributed by atoms with E-state index in [9.17, 15) is 26.3 Å². The van der Waals surface area contributed by atoms with Crippen LogP contribution in [0.4, 0.5) is 32.0 Å². The normalized spacial score (nSPS) is 12.5. The minimum absolute atomic E-state index is 0.0663. The number of alkyl halides is 6. The van der Waals surface area contributed by atoms with Gasteiger partial charge >= 0.3 is 12.4 Å². The number of halogens is 6. The molecule has 0 atom stereocenters. The predicted molar refractivity (Wildman–Crippen MR) is 93.0 cm³/mol. The van der Waals surface area contributed by atoms with Gasteiger partial charge in [0.05, 0.1) is 23.0 Å². The molecule has 1 N–H and O–H groups in total. The summed E-state index contributed by atoms with van der Waals surface area (Å²) in [5.41, 5.74) is 1.40. The number of nitrogens with one attached hydrogen (secondary N) is 1. The molecule has 3 rings (SSSR count). The third-order valence-electron chi connectivity index (χ3n) is 3.56. The number of hydrazone groups is 1. The van der Waals surface area contributed by atoms with Crippen molar-refractivity contribution in [3.05, 3.63) is 64.5 Å². The highest BCUT2D eigenvalue weighted by Gasteiger charge is 2.36. The molecule has 0 aliphatic heterocycles. The lowest BCUT2D eigenvalue weighted by Gasteiger charge is -2.12.